The van der Waals surface area contributed by atoms with E-state index < -0.39 is 0 Å². The number of hydrogen-bond donors (Lipinski definition) is 1. The minimum Gasteiger partial charge on any atom is -0.374 e. The maximum absolute atomic E-state index is 5.55. The molecule has 0 bridgehead atoms. The van der Waals surface area contributed by atoms with Crippen molar-refractivity contribution in [2.45, 2.75) is 70.9 Å². The maximum Gasteiger partial charge on any atom is 0.122 e. The topological polar surface area (TPSA) is 34.1 Å². The fourth-order valence-corrected chi connectivity index (χ4v) is 4.09. The van der Waals surface area contributed by atoms with E-state index in [1.165, 1.54) is 34.8 Å². The SMILES string of the molecule is CCC(OC)c1nc2c(s1)CCCC2CNC(C)(C)C. The minimum absolute atomic E-state index is 0.168. The van der Waals surface area contributed by atoms with E-state index in [9.17, 15) is 0 Å². The second kappa shape index (κ2) is 6.54. The number of aryl methyl sites for hydroxylation is 1. The summed E-state index contributed by atoms with van der Waals surface area (Å²) in [5.74, 6) is 0.567. The minimum atomic E-state index is 0.168. The van der Waals surface area contributed by atoms with Crippen molar-refractivity contribution in [1.82, 2.24) is 10.3 Å². The first kappa shape index (κ1) is 15.9. The highest BCUT2D eigenvalue weighted by Gasteiger charge is 2.27. The highest BCUT2D eigenvalue weighted by Crippen LogP contribution is 2.37. The van der Waals surface area contributed by atoms with Gasteiger partial charge in [-0.15, -0.1) is 11.3 Å². The van der Waals surface area contributed by atoms with E-state index in [2.05, 4.69) is 33.0 Å². The van der Waals surface area contributed by atoms with Gasteiger partial charge in [0.1, 0.15) is 11.1 Å². The normalized spacial score (nSPS) is 20.8. The smallest absolute Gasteiger partial charge is 0.122 e. The number of thiazole rings is 1. The Kier molecular flexibility index (Phi) is 5.21. The van der Waals surface area contributed by atoms with Gasteiger partial charge in [-0.25, -0.2) is 4.98 Å². The average molecular weight is 296 g/mol. The molecular weight excluding hydrogens is 268 g/mol. The number of rotatable bonds is 5. The molecule has 0 aromatic carbocycles. The van der Waals surface area contributed by atoms with Gasteiger partial charge < -0.3 is 10.1 Å². The summed E-state index contributed by atoms with van der Waals surface area (Å²) in [6.07, 6.45) is 4.90. The Morgan fingerprint density at radius 3 is 2.80 bits per heavy atom. The van der Waals surface area contributed by atoms with Crippen LogP contribution in [0.2, 0.25) is 0 Å². The number of nitrogens with zero attached hydrogens (tertiary/aromatic N) is 1. The fraction of sp³-hybridized carbons (Fsp3) is 0.812. The molecule has 20 heavy (non-hydrogen) atoms. The van der Waals surface area contributed by atoms with Crippen LogP contribution in [0.15, 0.2) is 0 Å². The van der Waals surface area contributed by atoms with Crippen molar-refractivity contribution in [3.05, 3.63) is 15.6 Å². The fourth-order valence-electron chi connectivity index (χ4n) is 2.73. The third-order valence-electron chi connectivity index (χ3n) is 3.90. The standard InChI is InChI=1S/C16H28N2OS/c1-6-12(19-5)15-18-14-11(10-17-16(2,3)4)8-7-9-13(14)20-15/h11-12,17H,6-10H2,1-5H3. The number of nitrogens with one attached hydrogen (secondary N) is 1. The average Bonchev–Trinajstić information content (AvgIpc) is 2.81. The molecule has 1 aromatic heterocycles. The van der Waals surface area contributed by atoms with Crippen LogP contribution in [0.4, 0.5) is 0 Å². The van der Waals surface area contributed by atoms with E-state index >= 15 is 0 Å². The molecule has 0 fully saturated rings. The van der Waals surface area contributed by atoms with Crippen molar-refractivity contribution >= 4 is 11.3 Å². The molecule has 0 spiro atoms. The monoisotopic (exact) mass is 296 g/mol. The lowest BCUT2D eigenvalue weighted by Crippen LogP contribution is -2.39. The van der Waals surface area contributed by atoms with Crippen LogP contribution in [0.1, 0.15) is 74.6 Å². The van der Waals surface area contributed by atoms with Gasteiger partial charge in [0, 0.05) is 30.0 Å². The highest BCUT2D eigenvalue weighted by atomic mass is 32.1. The van der Waals surface area contributed by atoms with E-state index in [0.29, 0.717) is 5.92 Å². The van der Waals surface area contributed by atoms with Crippen LogP contribution >= 0.6 is 11.3 Å². The van der Waals surface area contributed by atoms with E-state index in [4.69, 9.17) is 9.72 Å². The Morgan fingerprint density at radius 2 is 2.20 bits per heavy atom. The molecule has 2 rings (SSSR count). The van der Waals surface area contributed by atoms with Crippen molar-refractivity contribution in [1.29, 1.82) is 0 Å². The zero-order chi connectivity index (χ0) is 14.8. The molecular formula is C16H28N2OS. The first-order valence-corrected chi connectivity index (χ1v) is 8.53. The Morgan fingerprint density at radius 1 is 1.45 bits per heavy atom. The van der Waals surface area contributed by atoms with Crippen LogP contribution in [-0.4, -0.2) is 24.2 Å². The summed E-state index contributed by atoms with van der Waals surface area (Å²) in [6.45, 7) is 9.86. The molecule has 0 amide bonds. The predicted molar refractivity (Wildman–Crippen MR) is 85.6 cm³/mol. The molecule has 1 N–H and O–H groups in total. The zero-order valence-corrected chi connectivity index (χ0v) is 14.3. The molecule has 1 aliphatic carbocycles. The van der Waals surface area contributed by atoms with Crippen LogP contribution in [0.3, 0.4) is 0 Å². The Labute approximate surface area is 127 Å². The van der Waals surface area contributed by atoms with E-state index in [0.717, 1.165) is 13.0 Å². The number of methoxy groups -OCH3 is 1. The van der Waals surface area contributed by atoms with Crippen molar-refractivity contribution in [2.75, 3.05) is 13.7 Å². The predicted octanol–water partition coefficient (Wildman–Crippen LogP) is 4.05. The van der Waals surface area contributed by atoms with Gasteiger partial charge in [-0.2, -0.15) is 0 Å². The summed E-state index contributed by atoms with van der Waals surface area (Å²) < 4.78 is 5.55. The summed E-state index contributed by atoms with van der Waals surface area (Å²) in [5, 5.41) is 4.80. The second-order valence-electron chi connectivity index (χ2n) is 6.71. The van der Waals surface area contributed by atoms with Crippen LogP contribution in [0.25, 0.3) is 0 Å². The summed E-state index contributed by atoms with van der Waals surface area (Å²) in [7, 11) is 1.78. The zero-order valence-electron chi connectivity index (χ0n) is 13.5. The summed E-state index contributed by atoms with van der Waals surface area (Å²) in [6, 6.07) is 0. The number of hydrogen-bond acceptors (Lipinski definition) is 4. The molecule has 114 valence electrons. The molecule has 0 aliphatic heterocycles. The van der Waals surface area contributed by atoms with E-state index in [1.54, 1.807) is 7.11 Å². The molecule has 1 aromatic rings. The lowest BCUT2D eigenvalue weighted by atomic mass is 9.90. The van der Waals surface area contributed by atoms with Gasteiger partial charge in [-0.3, -0.25) is 0 Å². The van der Waals surface area contributed by atoms with Gasteiger partial charge in [0.15, 0.2) is 0 Å². The van der Waals surface area contributed by atoms with Crippen molar-refractivity contribution in [3.63, 3.8) is 0 Å². The van der Waals surface area contributed by atoms with E-state index in [1.807, 2.05) is 11.3 Å². The Balaban J connectivity index is 2.14. The van der Waals surface area contributed by atoms with E-state index in [-0.39, 0.29) is 11.6 Å². The summed E-state index contributed by atoms with van der Waals surface area (Å²) >= 11 is 1.87. The van der Waals surface area contributed by atoms with Crippen LogP contribution < -0.4 is 5.32 Å². The first-order chi connectivity index (χ1) is 9.44. The maximum atomic E-state index is 5.55. The largest absolute Gasteiger partial charge is 0.374 e. The molecule has 2 atom stereocenters. The van der Waals surface area contributed by atoms with Crippen molar-refractivity contribution < 1.29 is 4.74 Å². The summed E-state index contributed by atoms with van der Waals surface area (Å²) in [4.78, 5) is 6.42. The third kappa shape index (κ3) is 3.80. The van der Waals surface area contributed by atoms with Gasteiger partial charge in [0.05, 0.1) is 5.69 Å². The molecule has 3 nitrogen and oxygen atoms in total. The molecule has 0 saturated heterocycles. The second-order valence-corrected chi connectivity index (χ2v) is 7.83. The van der Waals surface area contributed by atoms with Gasteiger partial charge in [-0.05, 0) is 46.5 Å². The quantitative estimate of drug-likeness (QED) is 0.890. The van der Waals surface area contributed by atoms with Gasteiger partial charge >= 0.3 is 0 Å². The molecule has 1 heterocycles. The first-order valence-electron chi connectivity index (χ1n) is 7.72. The third-order valence-corrected chi connectivity index (χ3v) is 5.12. The molecule has 0 saturated carbocycles. The molecule has 1 aliphatic rings. The molecule has 0 radical (unpaired) electrons. The highest BCUT2D eigenvalue weighted by molar-refractivity contribution is 7.11. The number of aromatic nitrogens is 1. The van der Waals surface area contributed by atoms with Gasteiger partial charge in [-0.1, -0.05) is 6.92 Å². The van der Waals surface area contributed by atoms with Crippen molar-refractivity contribution in [3.8, 4) is 0 Å². The van der Waals surface area contributed by atoms with Crippen LogP contribution in [0.5, 0.6) is 0 Å². The van der Waals surface area contributed by atoms with Crippen molar-refractivity contribution in [2.24, 2.45) is 0 Å². The Hall–Kier alpha value is -0.450. The number of ether oxygens (including phenoxy) is 1. The Bertz CT molecular complexity index is 432. The lowest BCUT2D eigenvalue weighted by Gasteiger charge is -2.27. The lowest BCUT2D eigenvalue weighted by molar-refractivity contribution is 0.0996. The number of fused-ring (bicyclic) bond motifs is 1. The van der Waals surface area contributed by atoms with Gasteiger partial charge in [0.25, 0.3) is 0 Å². The van der Waals surface area contributed by atoms with Crippen LogP contribution in [-0.2, 0) is 11.2 Å². The van der Waals surface area contributed by atoms with Gasteiger partial charge in [0.2, 0.25) is 0 Å². The molecule has 2 unspecified atom stereocenters. The molecule has 4 heteroatoms. The van der Waals surface area contributed by atoms with Crippen LogP contribution in [0, 0.1) is 0 Å². The summed E-state index contributed by atoms with van der Waals surface area (Å²) in [5.41, 5.74) is 1.51.